The van der Waals surface area contributed by atoms with E-state index < -0.39 is 4.08 Å². The number of hydrogen-bond donors (Lipinski definition) is 2. The standard InChI is InChI=1S/C6H6OS2/c7-5-1-3-6(8,9)4-2-5/h1-4,8-9H. The molecule has 0 heterocycles. The van der Waals surface area contributed by atoms with E-state index in [4.69, 9.17) is 0 Å². The SMILES string of the molecule is O=C1C=CC(S)(S)C=C1. The average Bonchev–Trinajstić information content (AvgIpc) is 1.78. The van der Waals surface area contributed by atoms with Crippen molar-refractivity contribution in [2.45, 2.75) is 4.08 Å². The molecule has 48 valence electrons. The zero-order chi connectivity index (χ0) is 6.91. The van der Waals surface area contributed by atoms with Crippen LogP contribution < -0.4 is 0 Å². The van der Waals surface area contributed by atoms with Crippen molar-refractivity contribution in [3.05, 3.63) is 24.3 Å². The summed E-state index contributed by atoms with van der Waals surface area (Å²) in [6.07, 6.45) is 6.20. The highest BCUT2D eigenvalue weighted by Gasteiger charge is 2.14. The molecule has 1 nitrogen and oxygen atoms in total. The summed E-state index contributed by atoms with van der Waals surface area (Å²) >= 11 is 8.19. The van der Waals surface area contributed by atoms with E-state index in [1.165, 1.54) is 12.2 Å². The number of carbonyl (C=O) groups excluding carboxylic acids is 1. The highest BCUT2D eigenvalue weighted by Crippen LogP contribution is 2.25. The Bertz CT molecular complexity index is 173. The molecule has 0 spiro atoms. The van der Waals surface area contributed by atoms with E-state index in [-0.39, 0.29) is 5.78 Å². The zero-order valence-electron chi connectivity index (χ0n) is 4.61. The van der Waals surface area contributed by atoms with Crippen molar-refractivity contribution < 1.29 is 4.79 Å². The summed E-state index contributed by atoms with van der Waals surface area (Å²) in [6.45, 7) is 0. The normalized spacial score (nSPS) is 22.7. The molecule has 0 atom stereocenters. The lowest BCUT2D eigenvalue weighted by molar-refractivity contribution is -0.110. The summed E-state index contributed by atoms with van der Waals surface area (Å²) in [4.78, 5) is 10.5. The van der Waals surface area contributed by atoms with Gasteiger partial charge in [-0.25, -0.2) is 0 Å². The molecule has 0 amide bonds. The van der Waals surface area contributed by atoms with Crippen LogP contribution in [0, 0.1) is 0 Å². The number of rotatable bonds is 0. The molecule has 0 radical (unpaired) electrons. The molecule has 0 fully saturated rings. The van der Waals surface area contributed by atoms with Crippen LogP contribution in [0.4, 0.5) is 0 Å². The molecule has 1 rings (SSSR count). The first-order valence-electron chi connectivity index (χ1n) is 2.47. The predicted molar refractivity (Wildman–Crippen MR) is 44.0 cm³/mol. The Kier molecular flexibility index (Phi) is 1.73. The van der Waals surface area contributed by atoms with Gasteiger partial charge in [-0.15, -0.1) is 0 Å². The maximum absolute atomic E-state index is 10.5. The van der Waals surface area contributed by atoms with E-state index in [0.717, 1.165) is 0 Å². The van der Waals surface area contributed by atoms with Gasteiger partial charge in [-0.1, -0.05) is 12.2 Å². The van der Waals surface area contributed by atoms with Crippen molar-refractivity contribution in [2.24, 2.45) is 0 Å². The first-order valence-corrected chi connectivity index (χ1v) is 3.37. The molecule has 9 heavy (non-hydrogen) atoms. The highest BCUT2D eigenvalue weighted by atomic mass is 32.2. The van der Waals surface area contributed by atoms with Gasteiger partial charge in [-0.2, -0.15) is 25.3 Å². The Labute approximate surface area is 64.7 Å². The molecule has 0 aromatic carbocycles. The smallest absolute Gasteiger partial charge is 0.178 e. The third-order valence-electron chi connectivity index (χ3n) is 0.986. The maximum Gasteiger partial charge on any atom is 0.178 e. The second-order valence-electron chi connectivity index (χ2n) is 1.85. The lowest BCUT2D eigenvalue weighted by Crippen LogP contribution is -2.09. The zero-order valence-corrected chi connectivity index (χ0v) is 6.40. The van der Waals surface area contributed by atoms with Crippen molar-refractivity contribution in [3.63, 3.8) is 0 Å². The van der Waals surface area contributed by atoms with E-state index in [9.17, 15) is 4.79 Å². The van der Waals surface area contributed by atoms with Gasteiger partial charge in [0, 0.05) is 0 Å². The fourth-order valence-corrected chi connectivity index (χ4v) is 0.819. The maximum atomic E-state index is 10.5. The molecular weight excluding hydrogens is 152 g/mol. The molecule has 0 aromatic heterocycles. The molecule has 0 N–H and O–H groups in total. The summed E-state index contributed by atoms with van der Waals surface area (Å²) in [7, 11) is 0. The van der Waals surface area contributed by atoms with Gasteiger partial charge in [0.2, 0.25) is 0 Å². The second kappa shape index (κ2) is 2.23. The Balaban J connectivity index is 2.82. The van der Waals surface area contributed by atoms with Crippen LogP contribution in [0.25, 0.3) is 0 Å². The monoisotopic (exact) mass is 158 g/mol. The number of hydrogen-bond acceptors (Lipinski definition) is 3. The molecule has 0 aliphatic heterocycles. The second-order valence-corrected chi connectivity index (χ2v) is 3.68. The minimum Gasteiger partial charge on any atom is -0.290 e. The third kappa shape index (κ3) is 1.91. The number of thiol groups is 2. The van der Waals surface area contributed by atoms with Gasteiger partial charge >= 0.3 is 0 Å². The number of allylic oxidation sites excluding steroid dienone is 2. The molecule has 0 unspecified atom stereocenters. The summed E-state index contributed by atoms with van der Waals surface area (Å²) < 4.78 is -0.534. The van der Waals surface area contributed by atoms with Crippen LogP contribution in [-0.4, -0.2) is 9.86 Å². The summed E-state index contributed by atoms with van der Waals surface area (Å²) in [6, 6.07) is 0. The van der Waals surface area contributed by atoms with Crippen LogP contribution in [0.1, 0.15) is 0 Å². The van der Waals surface area contributed by atoms with Crippen LogP contribution in [0.2, 0.25) is 0 Å². The largest absolute Gasteiger partial charge is 0.290 e. The lowest BCUT2D eigenvalue weighted by Gasteiger charge is -2.13. The van der Waals surface area contributed by atoms with Crippen LogP contribution in [-0.2, 0) is 4.79 Å². The van der Waals surface area contributed by atoms with Gasteiger partial charge in [0.05, 0.1) is 4.08 Å². The predicted octanol–water partition coefficient (Wildman–Crippen LogP) is 1.24. The first kappa shape index (κ1) is 6.96. The van der Waals surface area contributed by atoms with Crippen molar-refractivity contribution in [1.29, 1.82) is 0 Å². The minimum atomic E-state index is -0.534. The number of carbonyl (C=O) groups is 1. The molecule has 1 aliphatic carbocycles. The minimum absolute atomic E-state index is 0.00581. The van der Waals surface area contributed by atoms with E-state index >= 15 is 0 Å². The van der Waals surface area contributed by atoms with E-state index in [1.807, 2.05) is 0 Å². The van der Waals surface area contributed by atoms with E-state index in [0.29, 0.717) is 0 Å². The van der Waals surface area contributed by atoms with Gasteiger partial charge in [-0.3, -0.25) is 4.79 Å². The Hall–Kier alpha value is -0.150. The van der Waals surface area contributed by atoms with Crippen molar-refractivity contribution in [1.82, 2.24) is 0 Å². The molecule has 0 aromatic rings. The Morgan fingerprint density at radius 1 is 1.22 bits per heavy atom. The van der Waals surface area contributed by atoms with Crippen molar-refractivity contribution in [3.8, 4) is 0 Å². The molecular formula is C6H6OS2. The summed E-state index contributed by atoms with van der Waals surface area (Å²) in [5, 5.41) is 0. The van der Waals surface area contributed by atoms with Crippen LogP contribution in [0.5, 0.6) is 0 Å². The van der Waals surface area contributed by atoms with Crippen LogP contribution in [0.3, 0.4) is 0 Å². The Morgan fingerprint density at radius 3 is 2.00 bits per heavy atom. The molecule has 0 saturated heterocycles. The quantitative estimate of drug-likeness (QED) is 0.400. The number of ketones is 1. The van der Waals surface area contributed by atoms with Gasteiger partial charge < -0.3 is 0 Å². The van der Waals surface area contributed by atoms with Gasteiger partial charge in [0.15, 0.2) is 5.78 Å². The fraction of sp³-hybridized carbons (Fsp3) is 0.167. The first-order chi connectivity index (χ1) is 4.10. The lowest BCUT2D eigenvalue weighted by atomic mass is 10.2. The average molecular weight is 158 g/mol. The fourth-order valence-electron chi connectivity index (χ4n) is 0.521. The highest BCUT2D eigenvalue weighted by molar-refractivity contribution is 8.01. The van der Waals surface area contributed by atoms with Crippen LogP contribution >= 0.6 is 25.3 Å². The van der Waals surface area contributed by atoms with Gasteiger partial charge in [0.25, 0.3) is 0 Å². The topological polar surface area (TPSA) is 17.1 Å². The van der Waals surface area contributed by atoms with Crippen molar-refractivity contribution in [2.75, 3.05) is 0 Å². The van der Waals surface area contributed by atoms with Gasteiger partial charge in [-0.05, 0) is 12.2 Å². The van der Waals surface area contributed by atoms with Gasteiger partial charge in [0.1, 0.15) is 0 Å². The molecule has 0 bridgehead atoms. The van der Waals surface area contributed by atoms with Crippen molar-refractivity contribution >= 4 is 31.0 Å². The van der Waals surface area contributed by atoms with E-state index in [1.54, 1.807) is 12.2 Å². The van der Waals surface area contributed by atoms with Crippen LogP contribution in [0.15, 0.2) is 24.3 Å². The molecule has 1 aliphatic rings. The Morgan fingerprint density at radius 2 is 1.67 bits per heavy atom. The van der Waals surface area contributed by atoms with E-state index in [2.05, 4.69) is 25.3 Å². The third-order valence-corrected chi connectivity index (χ3v) is 1.58. The summed E-state index contributed by atoms with van der Waals surface area (Å²) in [5.74, 6) is -0.00581. The molecule has 0 saturated carbocycles. The summed E-state index contributed by atoms with van der Waals surface area (Å²) in [5.41, 5.74) is 0. The molecule has 3 heteroatoms.